The van der Waals surface area contributed by atoms with Gasteiger partial charge in [0.05, 0.1) is 13.1 Å². The molecule has 2 aromatic heterocycles. The maximum atomic E-state index is 11.7. The molecule has 2 fully saturated rings. The molecule has 1 saturated heterocycles. The molecule has 1 aliphatic carbocycles. The first-order valence-corrected chi connectivity index (χ1v) is 9.39. The highest BCUT2D eigenvalue weighted by atomic mass is 32.1. The maximum absolute atomic E-state index is 11.7. The average Bonchev–Trinajstić information content (AvgIpc) is 3.35. The van der Waals surface area contributed by atoms with E-state index in [1.807, 2.05) is 0 Å². The monoisotopic (exact) mass is 346 g/mol. The third kappa shape index (κ3) is 3.88. The van der Waals surface area contributed by atoms with Gasteiger partial charge in [-0.2, -0.15) is 5.10 Å². The molecule has 4 rings (SSSR count). The molecular weight excluding hydrogens is 324 g/mol. The van der Waals surface area contributed by atoms with E-state index in [0.717, 1.165) is 44.3 Å². The van der Waals surface area contributed by atoms with Crippen molar-refractivity contribution >= 4 is 11.3 Å². The predicted octanol–water partition coefficient (Wildman–Crippen LogP) is 0.790. The fourth-order valence-electron chi connectivity index (χ4n) is 2.98. The number of piperazine rings is 1. The van der Waals surface area contributed by atoms with Crippen LogP contribution < -0.4 is 5.56 Å². The Labute approximate surface area is 144 Å². The third-order valence-electron chi connectivity index (χ3n) is 4.65. The summed E-state index contributed by atoms with van der Waals surface area (Å²) < 4.78 is 1.53. The minimum absolute atomic E-state index is 0.0288. The van der Waals surface area contributed by atoms with Crippen molar-refractivity contribution in [2.45, 2.75) is 31.8 Å². The second-order valence-electron chi connectivity index (χ2n) is 6.51. The van der Waals surface area contributed by atoms with Gasteiger partial charge in [-0.3, -0.25) is 14.6 Å². The molecule has 2 aliphatic rings. The highest BCUT2D eigenvalue weighted by Crippen LogP contribution is 2.41. The van der Waals surface area contributed by atoms with Crippen LogP contribution in [0.3, 0.4) is 0 Å². The first-order chi connectivity index (χ1) is 11.8. The lowest BCUT2D eigenvalue weighted by molar-refractivity contribution is 0.122. The van der Waals surface area contributed by atoms with Crippen LogP contribution in [0.4, 0.5) is 0 Å². The van der Waals surface area contributed by atoms with Crippen LogP contribution >= 0.6 is 11.3 Å². The molecule has 2 aromatic rings. The highest BCUT2D eigenvalue weighted by molar-refractivity contribution is 7.11. The Morgan fingerprint density at radius 2 is 1.88 bits per heavy atom. The normalized spacial score (nSPS) is 19.7. The minimum atomic E-state index is -0.0288. The van der Waals surface area contributed by atoms with Crippen LogP contribution in [-0.2, 0) is 13.1 Å². The molecule has 7 nitrogen and oxygen atoms in total. The highest BCUT2D eigenvalue weighted by Gasteiger charge is 2.28. The largest absolute Gasteiger partial charge is 0.299 e. The quantitative estimate of drug-likeness (QED) is 0.770. The molecule has 0 N–H and O–H groups in total. The van der Waals surface area contributed by atoms with Gasteiger partial charge in [-0.25, -0.2) is 4.68 Å². The van der Waals surface area contributed by atoms with E-state index < -0.39 is 0 Å². The Bertz CT molecular complexity index is 732. The Kier molecular flexibility index (Phi) is 4.68. The average molecular weight is 346 g/mol. The fraction of sp³-hybridized carbons (Fsp3) is 0.625. The van der Waals surface area contributed by atoms with E-state index in [9.17, 15) is 4.79 Å². The van der Waals surface area contributed by atoms with Crippen LogP contribution in [0.2, 0.25) is 0 Å². The van der Waals surface area contributed by atoms with E-state index >= 15 is 0 Å². The van der Waals surface area contributed by atoms with Crippen molar-refractivity contribution < 1.29 is 0 Å². The lowest BCUT2D eigenvalue weighted by Gasteiger charge is -2.34. The smallest absolute Gasteiger partial charge is 0.266 e. The Morgan fingerprint density at radius 3 is 2.62 bits per heavy atom. The second-order valence-corrected chi connectivity index (χ2v) is 7.60. The summed E-state index contributed by atoms with van der Waals surface area (Å²) in [6.07, 6.45) is 4.23. The van der Waals surface area contributed by atoms with Gasteiger partial charge in [-0.05, 0) is 18.9 Å². The summed E-state index contributed by atoms with van der Waals surface area (Å²) in [4.78, 5) is 16.5. The number of hydrogen-bond donors (Lipinski definition) is 0. The van der Waals surface area contributed by atoms with Crippen LogP contribution in [0.5, 0.6) is 0 Å². The molecule has 0 spiro atoms. The standard InChI is InChI=1S/C16H22N6OS/c23-15-2-1-5-17-22(15)11-10-20-6-8-21(9-7-20)12-14-18-19-16(24-14)13-3-4-13/h1-2,5,13H,3-4,6-12H2. The van der Waals surface area contributed by atoms with Crippen LogP contribution in [-0.4, -0.2) is 62.5 Å². The van der Waals surface area contributed by atoms with Gasteiger partial charge in [0.1, 0.15) is 10.0 Å². The zero-order valence-electron chi connectivity index (χ0n) is 13.7. The zero-order chi connectivity index (χ0) is 16.4. The summed E-state index contributed by atoms with van der Waals surface area (Å²) in [5.41, 5.74) is -0.0288. The number of nitrogens with zero attached hydrogens (tertiary/aromatic N) is 6. The minimum Gasteiger partial charge on any atom is -0.299 e. The van der Waals surface area contributed by atoms with Gasteiger partial charge in [0, 0.05) is 50.9 Å². The second kappa shape index (κ2) is 7.08. The molecule has 128 valence electrons. The van der Waals surface area contributed by atoms with E-state index in [1.165, 1.54) is 22.5 Å². The molecule has 0 radical (unpaired) electrons. The van der Waals surface area contributed by atoms with Gasteiger partial charge in [0.2, 0.25) is 0 Å². The first kappa shape index (κ1) is 15.9. The molecule has 0 unspecified atom stereocenters. The Morgan fingerprint density at radius 1 is 1.08 bits per heavy atom. The van der Waals surface area contributed by atoms with Crippen molar-refractivity contribution in [3.63, 3.8) is 0 Å². The summed E-state index contributed by atoms with van der Waals surface area (Å²) in [6.45, 7) is 6.56. The molecule has 0 bridgehead atoms. The summed E-state index contributed by atoms with van der Waals surface area (Å²) in [6, 6.07) is 3.24. The SMILES string of the molecule is O=c1cccnn1CCN1CCN(Cc2nnc(C3CC3)s2)CC1. The molecule has 0 aromatic carbocycles. The first-order valence-electron chi connectivity index (χ1n) is 8.57. The van der Waals surface area contributed by atoms with E-state index in [0.29, 0.717) is 12.5 Å². The molecular formula is C16H22N6OS. The van der Waals surface area contributed by atoms with Crippen LogP contribution in [0.15, 0.2) is 23.1 Å². The molecule has 24 heavy (non-hydrogen) atoms. The third-order valence-corrected chi connectivity index (χ3v) is 5.72. The van der Waals surface area contributed by atoms with Crippen molar-refractivity contribution in [2.75, 3.05) is 32.7 Å². The number of hydrogen-bond acceptors (Lipinski definition) is 7. The Hall–Kier alpha value is -1.64. The van der Waals surface area contributed by atoms with E-state index in [-0.39, 0.29) is 5.56 Å². The van der Waals surface area contributed by atoms with Gasteiger partial charge in [0.15, 0.2) is 0 Å². The maximum Gasteiger partial charge on any atom is 0.266 e. The number of aromatic nitrogens is 4. The van der Waals surface area contributed by atoms with Crippen molar-refractivity contribution in [2.24, 2.45) is 0 Å². The van der Waals surface area contributed by atoms with Gasteiger partial charge >= 0.3 is 0 Å². The van der Waals surface area contributed by atoms with Crippen molar-refractivity contribution in [3.05, 3.63) is 38.7 Å². The summed E-state index contributed by atoms with van der Waals surface area (Å²) in [5.74, 6) is 0.697. The molecule has 0 atom stereocenters. The van der Waals surface area contributed by atoms with Gasteiger partial charge < -0.3 is 0 Å². The number of rotatable bonds is 6. The van der Waals surface area contributed by atoms with Crippen molar-refractivity contribution in [3.8, 4) is 0 Å². The van der Waals surface area contributed by atoms with Gasteiger partial charge in [0.25, 0.3) is 5.56 Å². The van der Waals surface area contributed by atoms with Crippen LogP contribution in [0, 0.1) is 0 Å². The zero-order valence-corrected chi connectivity index (χ0v) is 14.5. The fourth-order valence-corrected chi connectivity index (χ4v) is 4.03. The molecule has 3 heterocycles. The van der Waals surface area contributed by atoms with Crippen LogP contribution in [0.1, 0.15) is 28.8 Å². The summed E-state index contributed by atoms with van der Waals surface area (Å²) in [5, 5.41) is 15.1. The lowest BCUT2D eigenvalue weighted by Crippen LogP contribution is -2.47. The molecule has 1 aliphatic heterocycles. The van der Waals surface area contributed by atoms with Crippen LogP contribution in [0.25, 0.3) is 0 Å². The van der Waals surface area contributed by atoms with E-state index in [4.69, 9.17) is 0 Å². The summed E-state index contributed by atoms with van der Waals surface area (Å²) in [7, 11) is 0. The topological polar surface area (TPSA) is 67.2 Å². The Balaban J connectivity index is 1.23. The lowest BCUT2D eigenvalue weighted by atomic mass is 10.3. The molecule has 1 saturated carbocycles. The van der Waals surface area contributed by atoms with E-state index in [1.54, 1.807) is 29.7 Å². The molecule has 0 amide bonds. The van der Waals surface area contributed by atoms with Crippen molar-refractivity contribution in [1.29, 1.82) is 0 Å². The van der Waals surface area contributed by atoms with E-state index in [2.05, 4.69) is 25.1 Å². The molecule has 8 heteroatoms. The van der Waals surface area contributed by atoms with Gasteiger partial charge in [-0.15, -0.1) is 10.2 Å². The van der Waals surface area contributed by atoms with Gasteiger partial charge in [-0.1, -0.05) is 11.3 Å². The predicted molar refractivity (Wildman–Crippen MR) is 92.1 cm³/mol. The summed E-state index contributed by atoms with van der Waals surface area (Å²) >= 11 is 1.78. The van der Waals surface area contributed by atoms with Crippen molar-refractivity contribution in [1.82, 2.24) is 29.8 Å².